The summed E-state index contributed by atoms with van der Waals surface area (Å²) in [7, 11) is -3.37. The maximum absolute atomic E-state index is 12.4. The molecule has 1 aliphatic heterocycles. The molecule has 0 N–H and O–H groups in total. The number of hydrogen-bond donors (Lipinski definition) is 0. The van der Waals surface area contributed by atoms with Gasteiger partial charge in [0, 0.05) is 28.2 Å². The van der Waals surface area contributed by atoms with Gasteiger partial charge in [0.2, 0.25) is 10.0 Å². The average molecular weight is 468 g/mol. The van der Waals surface area contributed by atoms with E-state index in [2.05, 4.69) is 0 Å². The van der Waals surface area contributed by atoms with Gasteiger partial charge in [-0.2, -0.15) is 0 Å². The van der Waals surface area contributed by atoms with Crippen LogP contribution in [0.25, 0.3) is 6.08 Å². The van der Waals surface area contributed by atoms with Gasteiger partial charge in [0.1, 0.15) is 0 Å². The van der Waals surface area contributed by atoms with Crippen LogP contribution in [-0.4, -0.2) is 39.6 Å². The molecule has 6 nitrogen and oxygen atoms in total. The molecule has 0 aromatic heterocycles. The summed E-state index contributed by atoms with van der Waals surface area (Å²) in [6.45, 7) is -0.00713. The third-order valence-corrected chi connectivity index (χ3v) is 6.33. The fourth-order valence-corrected chi connectivity index (χ4v) is 4.61. The highest BCUT2D eigenvalue weighted by atomic mass is 35.5. The lowest BCUT2D eigenvalue weighted by atomic mass is 9.99. The number of esters is 1. The molecule has 0 aliphatic carbocycles. The van der Waals surface area contributed by atoms with E-state index in [1.807, 2.05) is 0 Å². The summed E-state index contributed by atoms with van der Waals surface area (Å²) < 4.78 is 30.2. The molecule has 158 valence electrons. The van der Waals surface area contributed by atoms with E-state index in [0.717, 1.165) is 11.8 Å². The Balaban J connectivity index is 1.64. The van der Waals surface area contributed by atoms with Crippen LogP contribution in [0.2, 0.25) is 10.0 Å². The van der Waals surface area contributed by atoms with Crippen molar-refractivity contribution in [2.24, 2.45) is 0 Å². The second-order valence-corrected chi connectivity index (χ2v) is 9.56. The number of Topliss-reactive ketones (excluding diaryl/α,β-unsaturated/α-hetero) is 1. The standard InChI is InChI=1S/C21H19Cl2NO5S/c1-30(27,28)24-10-2-3-15-11-16(5-8-19(15)24)20(25)13-29-21(26)9-6-14-4-7-17(22)12-18(14)23/h4-9,11-12H,2-3,10,13H2,1H3/b9-6+. The van der Waals surface area contributed by atoms with Crippen LogP contribution in [0.5, 0.6) is 0 Å². The maximum atomic E-state index is 12.4. The Morgan fingerprint density at radius 3 is 2.63 bits per heavy atom. The van der Waals surface area contributed by atoms with Gasteiger partial charge >= 0.3 is 5.97 Å². The molecule has 3 rings (SSSR count). The number of hydrogen-bond acceptors (Lipinski definition) is 5. The minimum atomic E-state index is -3.37. The molecule has 0 fully saturated rings. The van der Waals surface area contributed by atoms with Gasteiger partial charge < -0.3 is 4.74 Å². The lowest BCUT2D eigenvalue weighted by Gasteiger charge is -2.29. The smallest absolute Gasteiger partial charge is 0.331 e. The van der Waals surface area contributed by atoms with Crippen LogP contribution < -0.4 is 4.31 Å². The van der Waals surface area contributed by atoms with E-state index in [4.69, 9.17) is 27.9 Å². The van der Waals surface area contributed by atoms with Gasteiger partial charge in [0.15, 0.2) is 12.4 Å². The average Bonchev–Trinajstić information content (AvgIpc) is 2.69. The van der Waals surface area contributed by atoms with E-state index in [-0.39, 0.29) is 5.78 Å². The molecule has 1 aliphatic rings. The number of sulfonamides is 1. The fraction of sp³-hybridized carbons (Fsp3) is 0.238. The summed E-state index contributed by atoms with van der Waals surface area (Å²) in [5.41, 5.74) is 2.32. The first-order valence-corrected chi connectivity index (χ1v) is 11.7. The van der Waals surface area contributed by atoms with Crippen molar-refractivity contribution >= 4 is 56.7 Å². The van der Waals surface area contributed by atoms with E-state index in [0.29, 0.717) is 46.2 Å². The van der Waals surface area contributed by atoms with Crippen molar-refractivity contribution < 1.29 is 22.7 Å². The van der Waals surface area contributed by atoms with Crippen LogP contribution in [-0.2, 0) is 26.0 Å². The van der Waals surface area contributed by atoms with Crippen molar-refractivity contribution in [1.82, 2.24) is 0 Å². The zero-order chi connectivity index (χ0) is 21.9. The summed E-state index contributed by atoms with van der Waals surface area (Å²) in [5, 5.41) is 0.870. The first-order valence-electron chi connectivity index (χ1n) is 9.09. The Morgan fingerprint density at radius 2 is 1.93 bits per heavy atom. The number of ketones is 1. The highest BCUT2D eigenvalue weighted by molar-refractivity contribution is 7.92. The minimum Gasteiger partial charge on any atom is -0.454 e. The number of aryl methyl sites for hydroxylation is 1. The Bertz CT molecular complexity index is 1130. The predicted octanol–water partition coefficient (Wildman–Crippen LogP) is 4.14. The summed E-state index contributed by atoms with van der Waals surface area (Å²) in [6, 6.07) is 9.68. The van der Waals surface area contributed by atoms with Crippen LogP contribution in [0, 0.1) is 0 Å². The van der Waals surface area contributed by atoms with Gasteiger partial charge in [-0.15, -0.1) is 0 Å². The van der Waals surface area contributed by atoms with Gasteiger partial charge in [0.25, 0.3) is 0 Å². The molecule has 0 amide bonds. The van der Waals surface area contributed by atoms with Crippen LogP contribution in [0.1, 0.15) is 27.9 Å². The summed E-state index contributed by atoms with van der Waals surface area (Å²) >= 11 is 11.9. The Hall–Kier alpha value is -2.35. The van der Waals surface area contributed by atoms with E-state index >= 15 is 0 Å². The minimum absolute atomic E-state index is 0.363. The second kappa shape index (κ2) is 9.20. The summed E-state index contributed by atoms with van der Waals surface area (Å²) in [6.07, 6.45) is 5.16. The SMILES string of the molecule is CS(=O)(=O)N1CCCc2cc(C(=O)COC(=O)/C=C/c3ccc(Cl)cc3Cl)ccc21. The van der Waals surface area contributed by atoms with Gasteiger partial charge in [-0.1, -0.05) is 29.3 Å². The molecular weight excluding hydrogens is 449 g/mol. The Labute approximate surface area is 185 Å². The van der Waals surface area contributed by atoms with Gasteiger partial charge in [-0.25, -0.2) is 13.2 Å². The monoisotopic (exact) mass is 467 g/mol. The molecular formula is C21H19Cl2NO5S. The zero-order valence-electron chi connectivity index (χ0n) is 16.1. The van der Waals surface area contributed by atoms with E-state index in [1.54, 1.807) is 36.4 Å². The number of ether oxygens (including phenoxy) is 1. The number of rotatable bonds is 6. The van der Waals surface area contributed by atoms with Crippen LogP contribution >= 0.6 is 23.2 Å². The van der Waals surface area contributed by atoms with Crippen molar-refractivity contribution in [3.8, 4) is 0 Å². The van der Waals surface area contributed by atoms with E-state index in [9.17, 15) is 18.0 Å². The van der Waals surface area contributed by atoms with Crippen molar-refractivity contribution in [3.63, 3.8) is 0 Å². The number of anilines is 1. The molecule has 30 heavy (non-hydrogen) atoms. The number of carbonyl (C=O) groups excluding carboxylic acids is 2. The third-order valence-electron chi connectivity index (χ3n) is 4.58. The van der Waals surface area contributed by atoms with Crippen molar-refractivity contribution in [2.75, 3.05) is 23.7 Å². The number of fused-ring (bicyclic) bond motifs is 1. The Morgan fingerprint density at radius 1 is 1.17 bits per heavy atom. The molecule has 2 aromatic carbocycles. The fourth-order valence-electron chi connectivity index (χ4n) is 3.14. The molecule has 0 saturated heterocycles. The molecule has 0 atom stereocenters. The first kappa shape index (κ1) is 22.3. The highest BCUT2D eigenvalue weighted by Gasteiger charge is 2.24. The number of halogens is 2. The summed E-state index contributed by atoms with van der Waals surface area (Å²) in [4.78, 5) is 24.3. The lowest BCUT2D eigenvalue weighted by Crippen LogP contribution is -2.34. The zero-order valence-corrected chi connectivity index (χ0v) is 18.4. The number of nitrogens with zero attached hydrogens (tertiary/aromatic N) is 1. The van der Waals surface area contributed by atoms with Gasteiger partial charge in [-0.05, 0) is 60.4 Å². The van der Waals surface area contributed by atoms with E-state index < -0.39 is 22.6 Å². The van der Waals surface area contributed by atoms with E-state index in [1.165, 1.54) is 16.5 Å². The molecule has 0 radical (unpaired) electrons. The number of benzene rings is 2. The molecule has 9 heteroatoms. The molecule has 0 bridgehead atoms. The highest BCUT2D eigenvalue weighted by Crippen LogP contribution is 2.30. The normalized spacial score (nSPS) is 13.9. The second-order valence-electron chi connectivity index (χ2n) is 6.81. The molecule has 2 aromatic rings. The van der Waals surface area contributed by atoms with Crippen molar-refractivity contribution in [2.45, 2.75) is 12.8 Å². The van der Waals surface area contributed by atoms with Gasteiger partial charge in [-0.3, -0.25) is 9.10 Å². The quantitative estimate of drug-likeness (QED) is 0.362. The van der Waals surface area contributed by atoms with Crippen molar-refractivity contribution in [3.05, 3.63) is 69.2 Å². The largest absolute Gasteiger partial charge is 0.454 e. The molecule has 0 unspecified atom stereocenters. The Kier molecular flexibility index (Phi) is 6.85. The van der Waals surface area contributed by atoms with Gasteiger partial charge in [0.05, 0.1) is 11.9 Å². The molecule has 0 saturated carbocycles. The third kappa shape index (κ3) is 5.41. The van der Waals surface area contributed by atoms with Crippen LogP contribution in [0.3, 0.4) is 0 Å². The first-order chi connectivity index (χ1) is 14.1. The van der Waals surface area contributed by atoms with Crippen LogP contribution in [0.4, 0.5) is 5.69 Å². The summed E-state index contributed by atoms with van der Waals surface area (Å²) in [5.74, 6) is -1.06. The topological polar surface area (TPSA) is 80.8 Å². The predicted molar refractivity (Wildman–Crippen MR) is 118 cm³/mol. The lowest BCUT2D eigenvalue weighted by molar-refractivity contribution is -0.136. The maximum Gasteiger partial charge on any atom is 0.331 e. The van der Waals surface area contributed by atoms with Crippen LogP contribution in [0.15, 0.2) is 42.5 Å². The molecule has 0 spiro atoms. The molecule has 1 heterocycles. The van der Waals surface area contributed by atoms with Crippen molar-refractivity contribution in [1.29, 1.82) is 0 Å². The number of carbonyl (C=O) groups is 2.